The van der Waals surface area contributed by atoms with E-state index < -0.39 is 0 Å². The molecule has 0 atom stereocenters. The van der Waals surface area contributed by atoms with Crippen molar-refractivity contribution in [3.8, 4) is 0 Å². The lowest BCUT2D eigenvalue weighted by Crippen LogP contribution is -1.92. The smallest absolute Gasteiger partial charge is 0.0824 e. The van der Waals surface area contributed by atoms with Crippen LogP contribution in [0, 0.1) is 0 Å². The molecule has 4 heteroatoms. The topological polar surface area (TPSA) is 50.9 Å². The lowest BCUT2D eigenvalue weighted by molar-refractivity contribution is 1.32. The van der Waals surface area contributed by atoms with Crippen LogP contribution in [0.5, 0.6) is 0 Å². The van der Waals surface area contributed by atoms with E-state index in [-0.39, 0.29) is 0 Å². The van der Waals surface area contributed by atoms with Gasteiger partial charge >= 0.3 is 0 Å². The average molecular weight is 220 g/mol. The lowest BCUT2D eigenvalue weighted by atomic mass is 10.2. The van der Waals surface area contributed by atoms with Crippen LogP contribution in [-0.4, -0.2) is 4.98 Å². The molecule has 0 spiro atoms. The highest BCUT2D eigenvalue weighted by Gasteiger charge is 1.99. The Morgan fingerprint density at radius 2 is 1.87 bits per heavy atom. The minimum absolute atomic E-state index is 0.592. The number of hydrogen-bond acceptors (Lipinski definition) is 3. The van der Waals surface area contributed by atoms with Crippen molar-refractivity contribution in [3.05, 3.63) is 47.7 Å². The van der Waals surface area contributed by atoms with Gasteiger partial charge in [0.25, 0.3) is 0 Å². The van der Waals surface area contributed by atoms with Crippen molar-refractivity contribution < 1.29 is 0 Å². The molecule has 0 aliphatic carbocycles. The molecule has 76 valence electrons. The molecule has 0 saturated carbocycles. The van der Waals surface area contributed by atoms with Crippen LogP contribution < -0.4 is 11.1 Å². The first kappa shape index (κ1) is 9.80. The Bertz CT molecular complexity index is 454. The molecule has 1 aromatic carbocycles. The van der Waals surface area contributed by atoms with Gasteiger partial charge in [-0.05, 0) is 30.3 Å². The van der Waals surface area contributed by atoms with Crippen LogP contribution in [-0.2, 0) is 0 Å². The molecule has 3 nitrogen and oxygen atoms in total. The summed E-state index contributed by atoms with van der Waals surface area (Å²) in [4.78, 5) is 3.91. The first-order valence-corrected chi connectivity index (χ1v) is 4.85. The zero-order valence-corrected chi connectivity index (χ0v) is 8.70. The summed E-state index contributed by atoms with van der Waals surface area (Å²) in [5.74, 6) is 0. The summed E-state index contributed by atoms with van der Waals surface area (Å²) < 4.78 is 0. The van der Waals surface area contributed by atoms with Crippen molar-refractivity contribution in [1.82, 2.24) is 4.98 Å². The van der Waals surface area contributed by atoms with Crippen LogP contribution in [0.25, 0.3) is 0 Å². The number of rotatable bonds is 2. The zero-order chi connectivity index (χ0) is 10.7. The van der Waals surface area contributed by atoms with Crippen LogP contribution in [0.3, 0.4) is 0 Å². The number of pyridine rings is 1. The van der Waals surface area contributed by atoms with E-state index in [4.69, 9.17) is 17.3 Å². The predicted octanol–water partition coefficient (Wildman–Crippen LogP) is 3.06. The van der Waals surface area contributed by atoms with Gasteiger partial charge in [-0.3, -0.25) is 4.98 Å². The first-order chi connectivity index (χ1) is 7.25. The van der Waals surface area contributed by atoms with E-state index in [0.29, 0.717) is 5.02 Å². The summed E-state index contributed by atoms with van der Waals surface area (Å²) >= 11 is 5.96. The second-order valence-electron chi connectivity index (χ2n) is 3.10. The highest BCUT2D eigenvalue weighted by molar-refractivity contribution is 6.33. The second kappa shape index (κ2) is 4.19. The first-order valence-electron chi connectivity index (χ1n) is 4.48. The summed E-state index contributed by atoms with van der Waals surface area (Å²) in [5.41, 5.74) is 8.10. The molecule has 2 rings (SSSR count). The fourth-order valence-electron chi connectivity index (χ4n) is 1.20. The van der Waals surface area contributed by atoms with E-state index in [1.54, 1.807) is 12.4 Å². The molecule has 0 aliphatic heterocycles. The van der Waals surface area contributed by atoms with Gasteiger partial charge in [0.1, 0.15) is 0 Å². The van der Waals surface area contributed by atoms with Crippen molar-refractivity contribution in [1.29, 1.82) is 0 Å². The van der Waals surface area contributed by atoms with Gasteiger partial charge in [0, 0.05) is 23.8 Å². The average Bonchev–Trinajstić information content (AvgIpc) is 2.25. The minimum atomic E-state index is 0.592. The third kappa shape index (κ3) is 2.39. The number of nitrogens with two attached hydrogens (primary N) is 1. The van der Waals surface area contributed by atoms with Gasteiger partial charge in [0.2, 0.25) is 0 Å². The Balaban J connectivity index is 2.22. The van der Waals surface area contributed by atoms with Gasteiger partial charge in [-0.2, -0.15) is 0 Å². The number of nitrogens with zero attached hydrogens (tertiary/aromatic N) is 1. The fourth-order valence-corrected chi connectivity index (χ4v) is 1.37. The van der Waals surface area contributed by atoms with Crippen LogP contribution in [0.2, 0.25) is 5.02 Å². The Labute approximate surface area is 92.9 Å². The maximum Gasteiger partial charge on any atom is 0.0824 e. The molecule has 0 aliphatic rings. The standard InChI is InChI=1S/C11H10ClN3/c12-10-7-14-6-5-11(10)15-9-3-1-8(13)2-4-9/h1-7H,13H2,(H,14,15). The van der Waals surface area contributed by atoms with Gasteiger partial charge in [0.05, 0.1) is 10.7 Å². The number of aromatic nitrogens is 1. The van der Waals surface area contributed by atoms with Gasteiger partial charge in [-0.15, -0.1) is 0 Å². The van der Waals surface area contributed by atoms with Crippen molar-refractivity contribution in [3.63, 3.8) is 0 Å². The lowest BCUT2D eigenvalue weighted by Gasteiger charge is -2.07. The molecule has 0 saturated heterocycles. The van der Waals surface area contributed by atoms with Crippen LogP contribution in [0.15, 0.2) is 42.7 Å². The van der Waals surface area contributed by atoms with E-state index in [9.17, 15) is 0 Å². The summed E-state index contributed by atoms with van der Waals surface area (Å²) in [5, 5.41) is 3.76. The van der Waals surface area contributed by atoms with Crippen molar-refractivity contribution >= 4 is 28.7 Å². The molecule has 15 heavy (non-hydrogen) atoms. The molecule has 0 unspecified atom stereocenters. The second-order valence-corrected chi connectivity index (χ2v) is 3.51. The predicted molar refractivity (Wildman–Crippen MR) is 63.4 cm³/mol. The van der Waals surface area contributed by atoms with Crippen LogP contribution in [0.1, 0.15) is 0 Å². The molecule has 0 bridgehead atoms. The molecule has 3 N–H and O–H groups in total. The number of nitrogen functional groups attached to an aromatic ring is 1. The summed E-state index contributed by atoms with van der Waals surface area (Å²) in [6.45, 7) is 0. The molecular formula is C11H10ClN3. The molecular weight excluding hydrogens is 210 g/mol. The summed E-state index contributed by atoms with van der Waals surface area (Å²) in [6, 6.07) is 9.27. The quantitative estimate of drug-likeness (QED) is 0.764. The van der Waals surface area contributed by atoms with Crippen LogP contribution in [0.4, 0.5) is 17.1 Å². The number of halogens is 1. The molecule has 2 aromatic rings. The van der Waals surface area contributed by atoms with E-state index in [1.165, 1.54) is 0 Å². The van der Waals surface area contributed by atoms with Gasteiger partial charge < -0.3 is 11.1 Å². The Hall–Kier alpha value is -1.74. The Kier molecular flexibility index (Phi) is 2.74. The van der Waals surface area contributed by atoms with Gasteiger partial charge in [-0.1, -0.05) is 11.6 Å². The normalized spacial score (nSPS) is 9.93. The minimum Gasteiger partial charge on any atom is -0.399 e. The maximum atomic E-state index is 5.96. The summed E-state index contributed by atoms with van der Waals surface area (Å²) in [6.07, 6.45) is 3.28. The van der Waals surface area contributed by atoms with E-state index >= 15 is 0 Å². The molecule has 1 aromatic heterocycles. The number of anilines is 3. The Morgan fingerprint density at radius 3 is 2.53 bits per heavy atom. The zero-order valence-electron chi connectivity index (χ0n) is 7.94. The molecule has 0 fully saturated rings. The van der Waals surface area contributed by atoms with Gasteiger partial charge in [0.15, 0.2) is 0 Å². The maximum absolute atomic E-state index is 5.96. The van der Waals surface area contributed by atoms with Crippen molar-refractivity contribution in [2.45, 2.75) is 0 Å². The monoisotopic (exact) mass is 219 g/mol. The molecule has 0 amide bonds. The molecule has 1 heterocycles. The Morgan fingerprint density at radius 1 is 1.13 bits per heavy atom. The van der Waals surface area contributed by atoms with Crippen molar-refractivity contribution in [2.24, 2.45) is 0 Å². The number of benzene rings is 1. The SMILES string of the molecule is Nc1ccc(Nc2ccncc2Cl)cc1. The van der Waals surface area contributed by atoms with Gasteiger partial charge in [-0.25, -0.2) is 0 Å². The highest BCUT2D eigenvalue weighted by atomic mass is 35.5. The summed E-state index contributed by atoms with van der Waals surface area (Å²) in [7, 11) is 0. The van der Waals surface area contributed by atoms with E-state index in [1.807, 2.05) is 30.3 Å². The number of nitrogens with one attached hydrogen (secondary N) is 1. The fraction of sp³-hybridized carbons (Fsp3) is 0. The van der Waals surface area contributed by atoms with Crippen molar-refractivity contribution in [2.75, 3.05) is 11.1 Å². The molecule has 0 radical (unpaired) electrons. The van der Waals surface area contributed by atoms with E-state index in [2.05, 4.69) is 10.3 Å². The number of hydrogen-bond donors (Lipinski definition) is 2. The highest BCUT2D eigenvalue weighted by Crippen LogP contribution is 2.24. The largest absolute Gasteiger partial charge is 0.399 e. The van der Waals surface area contributed by atoms with E-state index in [0.717, 1.165) is 17.1 Å². The third-order valence-corrected chi connectivity index (χ3v) is 2.26. The van der Waals surface area contributed by atoms with Crippen LogP contribution >= 0.6 is 11.6 Å². The third-order valence-electron chi connectivity index (χ3n) is 1.96.